The number of hydrogen-bond acceptors (Lipinski definition) is 3. The van der Waals surface area contributed by atoms with E-state index in [0.717, 1.165) is 44.8 Å². The van der Waals surface area contributed by atoms with Crippen LogP contribution in [0.3, 0.4) is 0 Å². The van der Waals surface area contributed by atoms with Gasteiger partial charge in [0, 0.05) is 32.2 Å². The molecule has 0 aliphatic carbocycles. The first-order valence-corrected chi connectivity index (χ1v) is 11.0. The number of carbonyl (C=O) groups excluding carboxylic acids is 1. The summed E-state index contributed by atoms with van der Waals surface area (Å²) >= 11 is 0. The van der Waals surface area contributed by atoms with Crippen LogP contribution in [-0.2, 0) is 6.54 Å². The summed E-state index contributed by atoms with van der Waals surface area (Å²) in [5.41, 5.74) is 2.06. The standard InChI is InChI=1S/C25H32N2O2/c1-2-3-15-29-24-12-8-7-11-23(24)25(28)27-18-21-13-14-22(19-27)26(17-21)16-20-9-5-4-6-10-20/h4-12,21-22H,2-3,13-19H2,1H3/t21-,22-/m0/s1. The topological polar surface area (TPSA) is 32.8 Å². The van der Waals surface area contributed by atoms with Crippen molar-refractivity contribution in [2.75, 3.05) is 26.2 Å². The van der Waals surface area contributed by atoms with Crippen molar-refractivity contribution < 1.29 is 9.53 Å². The van der Waals surface area contributed by atoms with Crippen LogP contribution >= 0.6 is 0 Å². The number of para-hydroxylation sites is 1. The molecule has 2 aromatic rings. The second-order valence-corrected chi connectivity index (χ2v) is 8.42. The number of amides is 1. The Hall–Kier alpha value is -2.33. The first-order chi connectivity index (χ1) is 14.2. The Morgan fingerprint density at radius 3 is 2.62 bits per heavy atom. The van der Waals surface area contributed by atoms with E-state index in [4.69, 9.17) is 4.74 Å². The molecule has 2 aromatic carbocycles. The van der Waals surface area contributed by atoms with Crippen LogP contribution in [0.1, 0.15) is 48.5 Å². The fourth-order valence-corrected chi connectivity index (χ4v) is 4.62. The van der Waals surface area contributed by atoms with E-state index in [2.05, 4.69) is 47.1 Å². The molecule has 154 valence electrons. The smallest absolute Gasteiger partial charge is 0.257 e. The molecule has 0 N–H and O–H groups in total. The zero-order valence-electron chi connectivity index (χ0n) is 17.4. The molecule has 0 spiro atoms. The molecule has 5 rings (SSSR count). The number of rotatable bonds is 7. The highest BCUT2D eigenvalue weighted by atomic mass is 16.5. The molecule has 3 heterocycles. The molecular weight excluding hydrogens is 360 g/mol. The van der Waals surface area contributed by atoms with E-state index < -0.39 is 0 Å². The van der Waals surface area contributed by atoms with Gasteiger partial charge in [-0.1, -0.05) is 55.8 Å². The average Bonchev–Trinajstić information content (AvgIpc) is 3.06. The van der Waals surface area contributed by atoms with Crippen LogP contribution in [0, 0.1) is 5.92 Å². The van der Waals surface area contributed by atoms with E-state index in [1.165, 1.54) is 18.4 Å². The third kappa shape index (κ3) is 4.81. The Balaban J connectivity index is 1.47. The summed E-state index contributed by atoms with van der Waals surface area (Å²) in [7, 11) is 0. The van der Waals surface area contributed by atoms with Gasteiger partial charge in [-0.05, 0) is 42.9 Å². The van der Waals surface area contributed by atoms with Crippen LogP contribution in [0.25, 0.3) is 0 Å². The number of fused-ring (bicyclic) bond motifs is 4. The molecule has 0 radical (unpaired) electrons. The lowest BCUT2D eigenvalue weighted by molar-refractivity contribution is 0.0731. The van der Waals surface area contributed by atoms with Crippen LogP contribution in [-0.4, -0.2) is 48.0 Å². The third-order valence-corrected chi connectivity index (χ3v) is 6.22. The molecule has 3 aliphatic heterocycles. The zero-order chi connectivity index (χ0) is 20.1. The summed E-state index contributed by atoms with van der Waals surface area (Å²) in [6.45, 7) is 6.53. The number of benzene rings is 2. The minimum absolute atomic E-state index is 0.121. The van der Waals surface area contributed by atoms with Crippen molar-refractivity contribution in [3.63, 3.8) is 0 Å². The highest BCUT2D eigenvalue weighted by Crippen LogP contribution is 2.31. The molecule has 29 heavy (non-hydrogen) atoms. The predicted octanol–water partition coefficient (Wildman–Crippen LogP) is 4.60. The monoisotopic (exact) mass is 392 g/mol. The summed E-state index contributed by atoms with van der Waals surface area (Å²) in [5.74, 6) is 1.40. The van der Waals surface area contributed by atoms with Gasteiger partial charge < -0.3 is 9.64 Å². The number of carbonyl (C=O) groups is 1. The van der Waals surface area contributed by atoms with Gasteiger partial charge in [-0.3, -0.25) is 9.69 Å². The van der Waals surface area contributed by atoms with Crippen LogP contribution in [0.2, 0.25) is 0 Å². The predicted molar refractivity (Wildman–Crippen MR) is 116 cm³/mol. The van der Waals surface area contributed by atoms with Crippen molar-refractivity contribution in [2.24, 2.45) is 5.92 Å². The molecule has 4 nitrogen and oxygen atoms in total. The quantitative estimate of drug-likeness (QED) is 0.646. The van der Waals surface area contributed by atoms with Gasteiger partial charge in [0.15, 0.2) is 0 Å². The van der Waals surface area contributed by atoms with Gasteiger partial charge in [-0.15, -0.1) is 0 Å². The maximum absolute atomic E-state index is 13.4. The number of ether oxygens (including phenoxy) is 1. The Kier molecular flexibility index (Phi) is 6.50. The van der Waals surface area contributed by atoms with Crippen molar-refractivity contribution in [3.8, 4) is 5.75 Å². The Labute approximate surface area is 174 Å². The largest absolute Gasteiger partial charge is 0.493 e. The Morgan fingerprint density at radius 2 is 1.79 bits per heavy atom. The van der Waals surface area contributed by atoms with E-state index in [-0.39, 0.29) is 5.91 Å². The van der Waals surface area contributed by atoms with Crippen LogP contribution < -0.4 is 4.74 Å². The lowest BCUT2D eigenvalue weighted by atomic mass is 9.94. The molecule has 1 amide bonds. The van der Waals surface area contributed by atoms with Crippen LogP contribution in [0.5, 0.6) is 5.75 Å². The van der Waals surface area contributed by atoms with E-state index in [1.807, 2.05) is 24.3 Å². The van der Waals surface area contributed by atoms with Gasteiger partial charge in [0.25, 0.3) is 5.91 Å². The maximum Gasteiger partial charge on any atom is 0.257 e. The molecule has 3 fully saturated rings. The molecule has 0 aromatic heterocycles. The van der Waals surface area contributed by atoms with Gasteiger partial charge in [0.1, 0.15) is 5.75 Å². The van der Waals surface area contributed by atoms with Gasteiger partial charge in [-0.25, -0.2) is 0 Å². The lowest BCUT2D eigenvalue weighted by Crippen LogP contribution is -2.43. The summed E-state index contributed by atoms with van der Waals surface area (Å²) < 4.78 is 5.93. The molecule has 0 saturated carbocycles. The van der Waals surface area contributed by atoms with Gasteiger partial charge in [-0.2, -0.15) is 0 Å². The molecule has 3 aliphatic rings. The first kappa shape index (κ1) is 20.0. The highest BCUT2D eigenvalue weighted by Gasteiger charge is 2.37. The maximum atomic E-state index is 13.4. The fourth-order valence-electron chi connectivity index (χ4n) is 4.62. The Morgan fingerprint density at radius 1 is 1.00 bits per heavy atom. The van der Waals surface area contributed by atoms with Crippen molar-refractivity contribution in [2.45, 2.75) is 45.2 Å². The van der Waals surface area contributed by atoms with Crippen molar-refractivity contribution in [1.29, 1.82) is 0 Å². The van der Waals surface area contributed by atoms with Crippen molar-refractivity contribution in [1.82, 2.24) is 9.80 Å². The van der Waals surface area contributed by atoms with Gasteiger partial charge >= 0.3 is 0 Å². The molecule has 2 atom stereocenters. The number of piperidine rings is 1. The number of nitrogens with zero attached hydrogens (tertiary/aromatic N) is 2. The second kappa shape index (κ2) is 9.45. The second-order valence-electron chi connectivity index (χ2n) is 8.42. The van der Waals surface area contributed by atoms with E-state index in [1.54, 1.807) is 0 Å². The van der Waals surface area contributed by atoms with Gasteiger partial charge in [0.2, 0.25) is 0 Å². The lowest BCUT2D eigenvalue weighted by Gasteiger charge is -2.36. The summed E-state index contributed by atoms with van der Waals surface area (Å²) in [5, 5.41) is 0. The van der Waals surface area contributed by atoms with Crippen LogP contribution in [0.15, 0.2) is 54.6 Å². The molecular formula is C25H32N2O2. The van der Waals surface area contributed by atoms with Crippen molar-refractivity contribution >= 4 is 5.91 Å². The average molecular weight is 393 g/mol. The molecule has 3 saturated heterocycles. The highest BCUT2D eigenvalue weighted by molar-refractivity contribution is 5.97. The summed E-state index contributed by atoms with van der Waals surface area (Å²) in [6, 6.07) is 18.9. The summed E-state index contributed by atoms with van der Waals surface area (Å²) in [6.07, 6.45) is 4.48. The number of hydrogen-bond donors (Lipinski definition) is 0. The minimum Gasteiger partial charge on any atom is -0.493 e. The van der Waals surface area contributed by atoms with Crippen molar-refractivity contribution in [3.05, 3.63) is 65.7 Å². The Bertz CT molecular complexity index is 807. The normalized spacial score (nSPS) is 21.8. The third-order valence-electron chi connectivity index (χ3n) is 6.22. The van der Waals surface area contributed by atoms with E-state index in [9.17, 15) is 4.79 Å². The summed E-state index contributed by atoms with van der Waals surface area (Å²) in [4.78, 5) is 18.1. The van der Waals surface area contributed by atoms with E-state index in [0.29, 0.717) is 24.1 Å². The van der Waals surface area contributed by atoms with Gasteiger partial charge in [0.05, 0.1) is 12.2 Å². The minimum atomic E-state index is 0.121. The van der Waals surface area contributed by atoms with E-state index >= 15 is 0 Å². The first-order valence-electron chi connectivity index (χ1n) is 11.0. The molecule has 0 unspecified atom stereocenters. The SMILES string of the molecule is CCCCOc1ccccc1C(=O)N1C[C@H]2CC[C@@H](C1)N(Cc1ccccc1)C2. The molecule has 4 heteroatoms. The molecule has 2 bridgehead atoms. The van der Waals surface area contributed by atoms with Crippen LogP contribution in [0.4, 0.5) is 0 Å². The zero-order valence-corrected chi connectivity index (χ0v) is 17.4. The number of unbranched alkanes of at least 4 members (excludes halogenated alkanes) is 1. The fraction of sp³-hybridized carbons (Fsp3) is 0.480.